The normalized spacial score (nSPS) is 21.5. The first-order valence-corrected chi connectivity index (χ1v) is 9.27. The highest BCUT2D eigenvalue weighted by atomic mass is 16.3. The van der Waals surface area contributed by atoms with Crippen LogP contribution in [0.25, 0.3) is 0 Å². The van der Waals surface area contributed by atoms with E-state index in [4.69, 9.17) is 0 Å². The van der Waals surface area contributed by atoms with Crippen molar-refractivity contribution in [3.8, 4) is 0 Å². The van der Waals surface area contributed by atoms with Crippen LogP contribution in [0.15, 0.2) is 24.3 Å². The van der Waals surface area contributed by atoms with Crippen molar-refractivity contribution in [1.29, 1.82) is 0 Å². The van der Waals surface area contributed by atoms with Gasteiger partial charge in [-0.15, -0.1) is 0 Å². The number of nitrogens with zero attached hydrogens (tertiary/aromatic N) is 1. The number of unbranched alkanes of at least 4 members (excludes halogenated alkanes) is 1. The molecule has 24 heavy (non-hydrogen) atoms. The second-order valence-electron chi connectivity index (χ2n) is 7.29. The highest BCUT2D eigenvalue weighted by molar-refractivity contribution is 5.86. The van der Waals surface area contributed by atoms with Gasteiger partial charge in [-0.3, -0.25) is 4.79 Å². The Kier molecular flexibility index (Phi) is 6.81. The fraction of sp³-hybridized carbons (Fsp3) is 0.650. The topological polar surface area (TPSA) is 52.6 Å². The Labute approximate surface area is 146 Å². The lowest BCUT2D eigenvalue weighted by Crippen LogP contribution is -2.57. The minimum Gasteiger partial charge on any atom is -0.379 e. The molecule has 1 aliphatic rings. The van der Waals surface area contributed by atoms with E-state index >= 15 is 0 Å². The molecule has 0 unspecified atom stereocenters. The standard InChI is InChI=1S/C20H32N2O2/c1-4-5-12-21-15-20(24)11-6-13-22(19(20)23)14-17-7-9-18(10-8-17)16(2)3/h7-10,16,21,24H,4-6,11-15H2,1-3H3/t20-/m1/s1. The molecule has 1 aromatic rings. The fourth-order valence-corrected chi connectivity index (χ4v) is 3.21. The van der Waals surface area contributed by atoms with Crippen LogP contribution >= 0.6 is 0 Å². The summed E-state index contributed by atoms with van der Waals surface area (Å²) in [5, 5.41) is 14.0. The highest BCUT2D eigenvalue weighted by Gasteiger charge is 2.41. The molecular formula is C20H32N2O2. The summed E-state index contributed by atoms with van der Waals surface area (Å²) in [6.07, 6.45) is 3.57. The molecule has 0 saturated carbocycles. The van der Waals surface area contributed by atoms with E-state index in [9.17, 15) is 9.90 Å². The number of carbonyl (C=O) groups is 1. The summed E-state index contributed by atoms with van der Waals surface area (Å²) in [5.74, 6) is 0.376. The van der Waals surface area contributed by atoms with E-state index in [0.717, 1.165) is 37.9 Å². The lowest BCUT2D eigenvalue weighted by Gasteiger charge is -2.38. The van der Waals surface area contributed by atoms with E-state index in [1.807, 2.05) is 0 Å². The van der Waals surface area contributed by atoms with Crippen LogP contribution in [-0.4, -0.2) is 41.1 Å². The first kappa shape index (κ1) is 18.9. The van der Waals surface area contributed by atoms with Gasteiger partial charge in [-0.1, -0.05) is 51.5 Å². The van der Waals surface area contributed by atoms with Crippen LogP contribution in [0.2, 0.25) is 0 Å². The van der Waals surface area contributed by atoms with Crippen molar-refractivity contribution in [3.63, 3.8) is 0 Å². The van der Waals surface area contributed by atoms with Gasteiger partial charge in [-0.2, -0.15) is 0 Å². The quantitative estimate of drug-likeness (QED) is 0.720. The molecule has 0 aromatic heterocycles. The van der Waals surface area contributed by atoms with Crippen LogP contribution in [0.5, 0.6) is 0 Å². The van der Waals surface area contributed by atoms with Gasteiger partial charge in [0.25, 0.3) is 5.91 Å². The van der Waals surface area contributed by atoms with Crippen LogP contribution in [0.3, 0.4) is 0 Å². The zero-order chi connectivity index (χ0) is 17.6. The average Bonchev–Trinajstić information content (AvgIpc) is 2.57. The highest BCUT2D eigenvalue weighted by Crippen LogP contribution is 2.24. The molecule has 134 valence electrons. The maximum absolute atomic E-state index is 12.7. The Bertz CT molecular complexity index is 527. The molecule has 0 aliphatic carbocycles. The molecule has 2 rings (SSSR count). The van der Waals surface area contributed by atoms with Crippen molar-refractivity contribution in [2.45, 2.75) is 64.5 Å². The van der Waals surface area contributed by atoms with E-state index in [1.54, 1.807) is 4.90 Å². The van der Waals surface area contributed by atoms with Gasteiger partial charge in [0.05, 0.1) is 0 Å². The minimum atomic E-state index is -1.25. The Morgan fingerprint density at radius 1 is 1.29 bits per heavy atom. The SMILES string of the molecule is CCCCNC[C@]1(O)CCCN(Cc2ccc(C(C)C)cc2)C1=O. The Hall–Kier alpha value is -1.39. The maximum Gasteiger partial charge on any atom is 0.256 e. The molecule has 1 fully saturated rings. The molecule has 0 radical (unpaired) electrons. The van der Waals surface area contributed by atoms with Gasteiger partial charge in [0.1, 0.15) is 0 Å². The monoisotopic (exact) mass is 332 g/mol. The smallest absolute Gasteiger partial charge is 0.256 e. The lowest BCUT2D eigenvalue weighted by atomic mass is 9.91. The number of aliphatic hydroxyl groups is 1. The summed E-state index contributed by atoms with van der Waals surface area (Å²) in [6.45, 7) is 8.99. The van der Waals surface area contributed by atoms with E-state index in [0.29, 0.717) is 25.4 Å². The number of nitrogens with one attached hydrogen (secondary N) is 1. The molecule has 2 N–H and O–H groups in total. The zero-order valence-electron chi connectivity index (χ0n) is 15.3. The van der Waals surface area contributed by atoms with Crippen LogP contribution in [-0.2, 0) is 11.3 Å². The predicted octanol–water partition coefficient (Wildman–Crippen LogP) is 3.05. The first-order valence-electron chi connectivity index (χ1n) is 9.27. The molecular weight excluding hydrogens is 300 g/mol. The molecule has 1 amide bonds. The summed E-state index contributed by atoms with van der Waals surface area (Å²) in [4.78, 5) is 14.5. The van der Waals surface area contributed by atoms with Crippen molar-refractivity contribution in [2.24, 2.45) is 0 Å². The number of benzene rings is 1. The van der Waals surface area contributed by atoms with Crippen molar-refractivity contribution in [2.75, 3.05) is 19.6 Å². The Morgan fingerprint density at radius 3 is 2.62 bits per heavy atom. The molecule has 0 bridgehead atoms. The van der Waals surface area contributed by atoms with Crippen molar-refractivity contribution >= 4 is 5.91 Å². The summed E-state index contributed by atoms with van der Waals surface area (Å²) in [6, 6.07) is 8.45. The number of amides is 1. The molecule has 1 heterocycles. The zero-order valence-corrected chi connectivity index (χ0v) is 15.3. The van der Waals surface area contributed by atoms with Crippen LogP contribution in [0.1, 0.15) is 63.5 Å². The van der Waals surface area contributed by atoms with Crippen LogP contribution < -0.4 is 5.32 Å². The largest absolute Gasteiger partial charge is 0.379 e. The first-order chi connectivity index (χ1) is 11.5. The van der Waals surface area contributed by atoms with Gasteiger partial charge < -0.3 is 15.3 Å². The fourth-order valence-electron chi connectivity index (χ4n) is 3.21. The molecule has 1 aliphatic heterocycles. The van der Waals surface area contributed by atoms with Crippen LogP contribution in [0.4, 0.5) is 0 Å². The van der Waals surface area contributed by atoms with Crippen LogP contribution in [0, 0.1) is 0 Å². The van der Waals surface area contributed by atoms with Crippen molar-refractivity contribution < 1.29 is 9.90 Å². The Morgan fingerprint density at radius 2 is 2.00 bits per heavy atom. The number of piperidine rings is 1. The van der Waals surface area contributed by atoms with E-state index < -0.39 is 5.60 Å². The number of carbonyl (C=O) groups excluding carboxylic acids is 1. The number of rotatable bonds is 8. The molecule has 1 aromatic carbocycles. The molecule has 1 saturated heterocycles. The van der Waals surface area contributed by atoms with E-state index in [2.05, 4.69) is 50.4 Å². The maximum atomic E-state index is 12.7. The number of hydrogen-bond donors (Lipinski definition) is 2. The summed E-state index contributed by atoms with van der Waals surface area (Å²) in [7, 11) is 0. The van der Waals surface area contributed by atoms with Gasteiger partial charge in [-0.25, -0.2) is 0 Å². The van der Waals surface area contributed by atoms with Gasteiger partial charge in [-0.05, 0) is 42.9 Å². The Balaban J connectivity index is 1.96. The predicted molar refractivity (Wildman–Crippen MR) is 97.9 cm³/mol. The summed E-state index contributed by atoms with van der Waals surface area (Å²) in [5.41, 5.74) is 1.18. The molecule has 1 atom stereocenters. The third-order valence-corrected chi connectivity index (χ3v) is 4.85. The summed E-state index contributed by atoms with van der Waals surface area (Å²) < 4.78 is 0. The second-order valence-corrected chi connectivity index (χ2v) is 7.29. The van der Waals surface area contributed by atoms with Gasteiger partial charge in [0, 0.05) is 19.6 Å². The number of hydrogen-bond acceptors (Lipinski definition) is 3. The molecule has 4 heteroatoms. The third kappa shape index (κ3) is 4.81. The third-order valence-electron chi connectivity index (χ3n) is 4.85. The van der Waals surface area contributed by atoms with E-state index in [1.165, 1.54) is 5.56 Å². The lowest BCUT2D eigenvalue weighted by molar-refractivity contribution is -0.157. The van der Waals surface area contributed by atoms with Gasteiger partial charge in [0.15, 0.2) is 5.60 Å². The van der Waals surface area contributed by atoms with Crippen molar-refractivity contribution in [3.05, 3.63) is 35.4 Å². The van der Waals surface area contributed by atoms with E-state index in [-0.39, 0.29) is 5.91 Å². The van der Waals surface area contributed by atoms with Gasteiger partial charge >= 0.3 is 0 Å². The minimum absolute atomic E-state index is 0.134. The van der Waals surface area contributed by atoms with Gasteiger partial charge in [0.2, 0.25) is 0 Å². The summed E-state index contributed by atoms with van der Waals surface area (Å²) >= 11 is 0. The average molecular weight is 332 g/mol. The second kappa shape index (κ2) is 8.63. The van der Waals surface area contributed by atoms with Crippen molar-refractivity contribution in [1.82, 2.24) is 10.2 Å². The molecule has 0 spiro atoms. The number of likely N-dealkylation sites (tertiary alicyclic amines) is 1. The molecule has 4 nitrogen and oxygen atoms in total.